The first-order chi connectivity index (χ1) is 9.64. The summed E-state index contributed by atoms with van der Waals surface area (Å²) >= 11 is 0. The van der Waals surface area contributed by atoms with Crippen LogP contribution in [0.3, 0.4) is 0 Å². The number of rotatable bonds is 0. The highest BCUT2D eigenvalue weighted by Gasteiger charge is 2.55. The Morgan fingerprint density at radius 1 is 0.905 bits per heavy atom. The molecular formula is C20H36O. The lowest BCUT2D eigenvalue weighted by molar-refractivity contribution is -0.167. The standard InChI is InChI=1S/C20H36O/c1-14-15-12-16(8-11-19(4,5)21-14)20(6)10-7-9-18(2,3)17(20)13-15/h14-17H,7-13H2,1-6H3/t14?,15?,16-,17?,20+/m0/s1. The van der Waals surface area contributed by atoms with Crippen LogP contribution in [0.2, 0.25) is 0 Å². The van der Waals surface area contributed by atoms with Crippen LogP contribution in [0.15, 0.2) is 0 Å². The molecule has 0 N–H and O–H groups in total. The van der Waals surface area contributed by atoms with E-state index in [9.17, 15) is 0 Å². The smallest absolute Gasteiger partial charge is 0.0630 e. The van der Waals surface area contributed by atoms with Crippen molar-refractivity contribution in [3.63, 3.8) is 0 Å². The molecule has 0 aromatic heterocycles. The van der Waals surface area contributed by atoms with E-state index in [4.69, 9.17) is 4.74 Å². The molecule has 0 radical (unpaired) electrons. The Kier molecular flexibility index (Phi) is 3.76. The minimum atomic E-state index is 0.0731. The average Bonchev–Trinajstić information content (AvgIpc) is 2.34. The SMILES string of the molecule is CC1OC(C)(C)CC[C@H]2CC1CC1C(C)(C)CCC[C@@]12C. The minimum Gasteiger partial charge on any atom is -0.372 e. The van der Waals surface area contributed by atoms with Crippen molar-refractivity contribution in [3.8, 4) is 0 Å². The summed E-state index contributed by atoms with van der Waals surface area (Å²) in [6.45, 7) is 14.7. The summed E-state index contributed by atoms with van der Waals surface area (Å²) in [4.78, 5) is 0. The topological polar surface area (TPSA) is 9.23 Å². The summed E-state index contributed by atoms with van der Waals surface area (Å²) in [5, 5.41) is 0. The van der Waals surface area contributed by atoms with Gasteiger partial charge in [-0.1, -0.05) is 27.2 Å². The second-order valence-electron chi connectivity index (χ2n) is 9.95. The highest BCUT2D eigenvalue weighted by Crippen LogP contribution is 2.63. The van der Waals surface area contributed by atoms with Gasteiger partial charge < -0.3 is 4.74 Å². The molecule has 1 aliphatic heterocycles. The molecule has 0 amide bonds. The largest absolute Gasteiger partial charge is 0.372 e. The Labute approximate surface area is 132 Å². The van der Waals surface area contributed by atoms with Gasteiger partial charge in [0.15, 0.2) is 0 Å². The summed E-state index contributed by atoms with van der Waals surface area (Å²) in [5.74, 6) is 2.60. The first-order valence-electron chi connectivity index (χ1n) is 9.32. The molecule has 3 aliphatic rings. The maximum absolute atomic E-state index is 6.45. The van der Waals surface area contributed by atoms with E-state index in [0.717, 1.165) is 17.8 Å². The van der Waals surface area contributed by atoms with Crippen molar-refractivity contribution in [1.82, 2.24) is 0 Å². The zero-order valence-electron chi connectivity index (χ0n) is 15.2. The molecule has 0 aromatic rings. The predicted octanol–water partition coefficient (Wildman–Crippen LogP) is 5.82. The summed E-state index contributed by atoms with van der Waals surface area (Å²) in [6, 6.07) is 0. The quantitative estimate of drug-likeness (QED) is 0.546. The summed E-state index contributed by atoms with van der Waals surface area (Å²) < 4.78 is 6.45. The zero-order chi connectivity index (χ0) is 15.5. The van der Waals surface area contributed by atoms with E-state index >= 15 is 0 Å². The van der Waals surface area contributed by atoms with Crippen LogP contribution in [0.4, 0.5) is 0 Å². The third-order valence-electron chi connectivity index (χ3n) is 7.60. The molecule has 3 rings (SSSR count). The second-order valence-corrected chi connectivity index (χ2v) is 9.95. The molecule has 2 bridgehead atoms. The fourth-order valence-corrected chi connectivity index (χ4v) is 6.29. The maximum atomic E-state index is 6.45. The van der Waals surface area contributed by atoms with E-state index < -0.39 is 0 Å². The summed E-state index contributed by atoms with van der Waals surface area (Å²) in [6.07, 6.45) is 10.2. The van der Waals surface area contributed by atoms with Gasteiger partial charge in [-0.3, -0.25) is 0 Å². The molecule has 0 spiro atoms. The Hall–Kier alpha value is -0.0400. The van der Waals surface area contributed by atoms with Crippen LogP contribution in [0.5, 0.6) is 0 Å². The molecule has 1 nitrogen and oxygen atoms in total. The van der Waals surface area contributed by atoms with Crippen LogP contribution in [-0.2, 0) is 4.74 Å². The van der Waals surface area contributed by atoms with Gasteiger partial charge in [-0.15, -0.1) is 0 Å². The Morgan fingerprint density at radius 2 is 1.62 bits per heavy atom. The highest BCUT2D eigenvalue weighted by atomic mass is 16.5. The van der Waals surface area contributed by atoms with Crippen molar-refractivity contribution in [2.24, 2.45) is 28.6 Å². The third kappa shape index (κ3) is 2.69. The molecule has 0 aromatic carbocycles. The van der Waals surface area contributed by atoms with Crippen molar-refractivity contribution in [2.45, 2.75) is 98.2 Å². The zero-order valence-corrected chi connectivity index (χ0v) is 15.2. The van der Waals surface area contributed by atoms with E-state index in [1.165, 1.54) is 44.9 Å². The number of fused-ring (bicyclic) bond motifs is 4. The van der Waals surface area contributed by atoms with Gasteiger partial charge >= 0.3 is 0 Å². The van der Waals surface area contributed by atoms with Gasteiger partial charge in [0.2, 0.25) is 0 Å². The van der Waals surface area contributed by atoms with Gasteiger partial charge in [-0.2, -0.15) is 0 Å². The van der Waals surface area contributed by atoms with Crippen molar-refractivity contribution < 1.29 is 4.74 Å². The lowest BCUT2D eigenvalue weighted by atomic mass is 9.46. The molecule has 122 valence electrons. The molecular weight excluding hydrogens is 256 g/mol. The molecule has 1 heterocycles. The second kappa shape index (κ2) is 4.98. The van der Waals surface area contributed by atoms with Crippen LogP contribution in [0, 0.1) is 28.6 Å². The lowest BCUT2D eigenvalue weighted by Crippen LogP contribution is -2.54. The van der Waals surface area contributed by atoms with Gasteiger partial charge in [0.25, 0.3) is 0 Å². The van der Waals surface area contributed by atoms with Crippen molar-refractivity contribution in [1.29, 1.82) is 0 Å². The van der Waals surface area contributed by atoms with Crippen LogP contribution < -0.4 is 0 Å². The van der Waals surface area contributed by atoms with E-state index in [0.29, 0.717) is 16.9 Å². The van der Waals surface area contributed by atoms with Gasteiger partial charge in [0.05, 0.1) is 11.7 Å². The van der Waals surface area contributed by atoms with Crippen LogP contribution in [-0.4, -0.2) is 11.7 Å². The Morgan fingerprint density at radius 3 is 2.33 bits per heavy atom. The average molecular weight is 293 g/mol. The third-order valence-corrected chi connectivity index (χ3v) is 7.60. The number of ether oxygens (including phenoxy) is 1. The molecule has 1 saturated heterocycles. The monoisotopic (exact) mass is 292 g/mol. The summed E-state index contributed by atoms with van der Waals surface area (Å²) in [7, 11) is 0. The van der Waals surface area contributed by atoms with Crippen LogP contribution in [0.25, 0.3) is 0 Å². The van der Waals surface area contributed by atoms with Gasteiger partial charge in [0.1, 0.15) is 0 Å². The van der Waals surface area contributed by atoms with Gasteiger partial charge in [-0.25, -0.2) is 0 Å². The molecule has 2 aliphatic carbocycles. The Bertz CT molecular complexity index is 397. The minimum absolute atomic E-state index is 0.0731. The molecule has 21 heavy (non-hydrogen) atoms. The van der Waals surface area contributed by atoms with E-state index in [1.807, 2.05) is 0 Å². The van der Waals surface area contributed by atoms with Crippen molar-refractivity contribution in [2.75, 3.05) is 0 Å². The van der Waals surface area contributed by atoms with Gasteiger partial charge in [-0.05, 0) is 87.9 Å². The van der Waals surface area contributed by atoms with Crippen LogP contribution >= 0.6 is 0 Å². The van der Waals surface area contributed by atoms with Crippen molar-refractivity contribution in [3.05, 3.63) is 0 Å². The first kappa shape index (κ1) is 15.8. The van der Waals surface area contributed by atoms with E-state index in [1.54, 1.807) is 0 Å². The number of hydrogen-bond acceptors (Lipinski definition) is 1. The molecule has 2 saturated carbocycles. The van der Waals surface area contributed by atoms with E-state index in [-0.39, 0.29) is 5.60 Å². The highest BCUT2D eigenvalue weighted by molar-refractivity contribution is 5.04. The summed E-state index contributed by atoms with van der Waals surface area (Å²) in [5.41, 5.74) is 1.19. The number of hydrogen-bond donors (Lipinski definition) is 0. The first-order valence-corrected chi connectivity index (χ1v) is 9.32. The fraction of sp³-hybridized carbons (Fsp3) is 1.00. The Balaban J connectivity index is 1.93. The van der Waals surface area contributed by atoms with Crippen LogP contribution in [0.1, 0.15) is 86.5 Å². The maximum Gasteiger partial charge on any atom is 0.0630 e. The van der Waals surface area contributed by atoms with Crippen molar-refractivity contribution >= 4 is 0 Å². The fourth-order valence-electron chi connectivity index (χ4n) is 6.29. The normalized spacial score (nSPS) is 48.9. The van der Waals surface area contributed by atoms with Gasteiger partial charge in [0, 0.05) is 0 Å². The molecule has 3 unspecified atom stereocenters. The predicted molar refractivity (Wildman–Crippen MR) is 89.3 cm³/mol. The van der Waals surface area contributed by atoms with E-state index in [2.05, 4.69) is 41.5 Å². The molecule has 1 heteroatoms. The molecule has 5 atom stereocenters. The molecule has 3 fully saturated rings. The lowest BCUT2D eigenvalue weighted by Gasteiger charge is -2.60.